The summed E-state index contributed by atoms with van der Waals surface area (Å²) in [5, 5.41) is 2.51. The fraction of sp³-hybridized carbons (Fsp3) is 0.286. The van der Waals surface area contributed by atoms with Gasteiger partial charge >= 0.3 is 12.1 Å². The first-order valence-corrected chi connectivity index (χ1v) is 4.23. The first kappa shape index (κ1) is 10.8. The largest absolute Gasteiger partial charge is 0.350 e. The summed E-state index contributed by atoms with van der Waals surface area (Å²) in [4.78, 5) is 25.0. The van der Waals surface area contributed by atoms with Crippen molar-refractivity contribution >= 4 is 12.1 Å². The number of primary amides is 1. The van der Waals surface area contributed by atoms with Gasteiger partial charge in [0.05, 0.1) is 6.33 Å². The Bertz CT molecular complexity index is 322. The molecule has 8 heteroatoms. The van der Waals surface area contributed by atoms with Crippen LogP contribution in [0.2, 0.25) is 0 Å². The molecule has 0 aliphatic heterocycles. The van der Waals surface area contributed by atoms with E-state index in [1.54, 1.807) is 18.7 Å². The minimum Gasteiger partial charge on any atom is -0.350 e. The SMILES string of the molecule is NC(=O)NNC(=O)NCCn1ccnc1. The van der Waals surface area contributed by atoms with Gasteiger partial charge in [-0.1, -0.05) is 0 Å². The predicted octanol–water partition coefficient (Wildman–Crippen LogP) is -1.23. The average molecular weight is 212 g/mol. The minimum absolute atomic E-state index is 0.419. The number of amides is 4. The highest BCUT2D eigenvalue weighted by molar-refractivity contribution is 5.78. The molecule has 4 amide bonds. The van der Waals surface area contributed by atoms with Crippen molar-refractivity contribution in [1.82, 2.24) is 25.7 Å². The smallest absolute Gasteiger partial charge is 0.333 e. The summed E-state index contributed by atoms with van der Waals surface area (Å²) in [6.07, 6.45) is 5.07. The molecule has 0 radical (unpaired) electrons. The highest BCUT2D eigenvalue weighted by Gasteiger charge is 1.99. The summed E-state index contributed by atoms with van der Waals surface area (Å²) in [6.45, 7) is 1.02. The molecule has 82 valence electrons. The van der Waals surface area contributed by atoms with Gasteiger partial charge < -0.3 is 15.6 Å². The van der Waals surface area contributed by atoms with Crippen molar-refractivity contribution in [1.29, 1.82) is 0 Å². The molecule has 1 aromatic rings. The van der Waals surface area contributed by atoms with Crippen LogP contribution in [0.15, 0.2) is 18.7 Å². The number of aromatic nitrogens is 2. The Balaban J connectivity index is 2.09. The third-order valence-electron chi connectivity index (χ3n) is 1.51. The first-order chi connectivity index (χ1) is 7.18. The van der Waals surface area contributed by atoms with Crippen LogP contribution in [0.1, 0.15) is 0 Å². The van der Waals surface area contributed by atoms with Crippen LogP contribution in [0.4, 0.5) is 9.59 Å². The Hall–Kier alpha value is -2.25. The van der Waals surface area contributed by atoms with E-state index in [9.17, 15) is 9.59 Å². The number of carbonyl (C=O) groups excluding carboxylic acids is 2. The number of imidazole rings is 1. The monoisotopic (exact) mass is 212 g/mol. The highest BCUT2D eigenvalue weighted by atomic mass is 16.2. The Morgan fingerprint density at radius 2 is 2.20 bits per heavy atom. The summed E-state index contributed by atoms with van der Waals surface area (Å²) in [5.41, 5.74) is 8.75. The number of carbonyl (C=O) groups is 2. The molecule has 15 heavy (non-hydrogen) atoms. The van der Waals surface area contributed by atoms with Crippen molar-refractivity contribution in [2.75, 3.05) is 6.54 Å². The molecule has 0 aliphatic rings. The van der Waals surface area contributed by atoms with Crippen LogP contribution in [-0.4, -0.2) is 28.2 Å². The lowest BCUT2D eigenvalue weighted by Gasteiger charge is -2.07. The Morgan fingerprint density at radius 1 is 1.40 bits per heavy atom. The first-order valence-electron chi connectivity index (χ1n) is 4.23. The van der Waals surface area contributed by atoms with Gasteiger partial charge in [-0.2, -0.15) is 0 Å². The van der Waals surface area contributed by atoms with Crippen molar-refractivity contribution in [2.24, 2.45) is 5.73 Å². The van der Waals surface area contributed by atoms with E-state index in [1.165, 1.54) is 0 Å². The maximum absolute atomic E-state index is 11.0. The molecule has 0 fully saturated rings. The number of hydrazine groups is 1. The number of rotatable bonds is 3. The molecule has 1 heterocycles. The standard InChI is InChI=1S/C7H12N6O2/c8-6(14)11-12-7(15)10-2-4-13-3-1-9-5-13/h1,3,5H,2,4H2,(H3,8,11,14)(H2,10,12,15). The lowest BCUT2D eigenvalue weighted by molar-refractivity contribution is 0.228. The molecular formula is C7H12N6O2. The van der Waals surface area contributed by atoms with E-state index in [0.29, 0.717) is 13.1 Å². The second-order valence-corrected chi connectivity index (χ2v) is 2.67. The molecule has 0 saturated heterocycles. The molecule has 0 saturated carbocycles. The summed E-state index contributed by atoms with van der Waals surface area (Å²) in [7, 11) is 0. The zero-order chi connectivity index (χ0) is 11.1. The van der Waals surface area contributed by atoms with Gasteiger partial charge in [0, 0.05) is 25.5 Å². The van der Waals surface area contributed by atoms with E-state index in [1.807, 2.05) is 9.99 Å². The average Bonchev–Trinajstić information content (AvgIpc) is 2.67. The van der Waals surface area contributed by atoms with Crippen molar-refractivity contribution in [3.8, 4) is 0 Å². The topological polar surface area (TPSA) is 114 Å². The normalized spacial score (nSPS) is 9.33. The van der Waals surface area contributed by atoms with E-state index in [-0.39, 0.29) is 0 Å². The summed E-state index contributed by atoms with van der Waals surface area (Å²) in [5.74, 6) is 0. The number of nitrogens with one attached hydrogen (secondary N) is 3. The molecule has 0 aromatic carbocycles. The molecular weight excluding hydrogens is 200 g/mol. The zero-order valence-corrected chi connectivity index (χ0v) is 7.93. The molecule has 0 unspecified atom stereocenters. The maximum Gasteiger partial charge on any atom is 0.333 e. The zero-order valence-electron chi connectivity index (χ0n) is 7.93. The van der Waals surface area contributed by atoms with Crippen LogP contribution < -0.4 is 21.9 Å². The van der Waals surface area contributed by atoms with Gasteiger partial charge in [0.1, 0.15) is 0 Å². The van der Waals surface area contributed by atoms with Crippen LogP contribution in [0.5, 0.6) is 0 Å². The van der Waals surface area contributed by atoms with Gasteiger partial charge in [-0.15, -0.1) is 0 Å². The second-order valence-electron chi connectivity index (χ2n) is 2.67. The minimum atomic E-state index is -0.820. The molecule has 1 aromatic heterocycles. The molecule has 1 rings (SSSR count). The van der Waals surface area contributed by atoms with Gasteiger partial charge in [-0.3, -0.25) is 0 Å². The summed E-state index contributed by atoms with van der Waals surface area (Å²) in [6, 6.07) is -1.34. The van der Waals surface area contributed by atoms with Crippen LogP contribution in [0, 0.1) is 0 Å². The third-order valence-corrected chi connectivity index (χ3v) is 1.51. The predicted molar refractivity (Wildman–Crippen MR) is 51.5 cm³/mol. The second kappa shape index (κ2) is 5.47. The van der Waals surface area contributed by atoms with E-state index in [2.05, 4.69) is 15.7 Å². The maximum atomic E-state index is 11.0. The fourth-order valence-electron chi connectivity index (χ4n) is 0.880. The summed E-state index contributed by atoms with van der Waals surface area (Å²) >= 11 is 0. The number of nitrogens with zero attached hydrogens (tertiary/aromatic N) is 2. The summed E-state index contributed by atoms with van der Waals surface area (Å²) < 4.78 is 1.81. The molecule has 0 spiro atoms. The van der Waals surface area contributed by atoms with Gasteiger partial charge in [0.15, 0.2) is 0 Å². The van der Waals surface area contributed by atoms with Crippen molar-refractivity contribution in [3.05, 3.63) is 18.7 Å². The highest BCUT2D eigenvalue weighted by Crippen LogP contribution is 1.83. The van der Waals surface area contributed by atoms with E-state index >= 15 is 0 Å². The van der Waals surface area contributed by atoms with Crippen molar-refractivity contribution in [3.63, 3.8) is 0 Å². The molecule has 0 aliphatic carbocycles. The lowest BCUT2D eigenvalue weighted by atomic mass is 10.6. The molecule has 0 bridgehead atoms. The number of hydrogen-bond donors (Lipinski definition) is 4. The molecule has 8 nitrogen and oxygen atoms in total. The van der Waals surface area contributed by atoms with Gasteiger partial charge in [0.25, 0.3) is 0 Å². The Labute approximate surface area is 85.8 Å². The van der Waals surface area contributed by atoms with Crippen LogP contribution in [0.25, 0.3) is 0 Å². The Kier molecular flexibility index (Phi) is 3.95. The van der Waals surface area contributed by atoms with Crippen LogP contribution >= 0.6 is 0 Å². The van der Waals surface area contributed by atoms with Crippen LogP contribution in [-0.2, 0) is 6.54 Å². The number of urea groups is 2. The van der Waals surface area contributed by atoms with E-state index in [4.69, 9.17) is 5.73 Å². The van der Waals surface area contributed by atoms with Crippen molar-refractivity contribution < 1.29 is 9.59 Å². The van der Waals surface area contributed by atoms with E-state index in [0.717, 1.165) is 0 Å². The van der Waals surface area contributed by atoms with Gasteiger partial charge in [0.2, 0.25) is 0 Å². The van der Waals surface area contributed by atoms with Gasteiger partial charge in [-0.05, 0) is 0 Å². The lowest BCUT2D eigenvalue weighted by Crippen LogP contribution is -2.49. The number of nitrogens with two attached hydrogens (primary N) is 1. The third kappa shape index (κ3) is 4.50. The van der Waals surface area contributed by atoms with E-state index < -0.39 is 12.1 Å². The molecule has 0 atom stereocenters. The van der Waals surface area contributed by atoms with Gasteiger partial charge in [-0.25, -0.2) is 25.4 Å². The quantitative estimate of drug-likeness (QED) is 0.470. The molecule has 5 N–H and O–H groups in total. The number of hydrogen-bond acceptors (Lipinski definition) is 3. The fourth-order valence-corrected chi connectivity index (χ4v) is 0.880. The van der Waals surface area contributed by atoms with Crippen LogP contribution in [0.3, 0.4) is 0 Å². The Morgan fingerprint density at radius 3 is 2.80 bits per heavy atom. The van der Waals surface area contributed by atoms with Crippen molar-refractivity contribution in [2.45, 2.75) is 6.54 Å².